The SMILES string of the molecule is C1CCCCC1.CNC.Cc1ccc(N(c2ccc(C)cc2)c2ccc(C)cc2)cc1.Cc1ccccc1.N.N.N.N.N.N.O.O.O.O.O.O.O.O.c1ccc(-c2ccccc2)cc1. The molecule has 1 aliphatic rings. The van der Waals surface area contributed by atoms with Gasteiger partial charge in [0.05, 0.1) is 0 Å². The Bertz CT molecular complexity index is 1570. The van der Waals surface area contributed by atoms with Crippen molar-refractivity contribution >= 4 is 17.1 Å². The third-order valence-corrected chi connectivity index (χ3v) is 8.20. The van der Waals surface area contributed by atoms with Crippen LogP contribution in [0.2, 0.25) is 0 Å². The first-order valence-electron chi connectivity index (χ1n) is 18.1. The van der Waals surface area contributed by atoms with E-state index in [9.17, 15) is 0 Å². The number of anilines is 3. The maximum atomic E-state index is 2.75. The summed E-state index contributed by atoms with van der Waals surface area (Å²) < 4.78 is 0. The zero-order valence-corrected chi connectivity index (χ0v) is 39.5. The summed E-state index contributed by atoms with van der Waals surface area (Å²) >= 11 is 0. The first-order valence-corrected chi connectivity index (χ1v) is 18.1. The first-order chi connectivity index (χ1) is 24.4. The normalized spacial score (nSPS) is 8.91. The summed E-state index contributed by atoms with van der Waals surface area (Å²) in [4.78, 5) is 2.29. The first kappa shape index (κ1) is 89.5. The van der Waals surface area contributed by atoms with Crippen LogP contribution in [0.4, 0.5) is 17.1 Å². The van der Waals surface area contributed by atoms with Crippen molar-refractivity contribution in [3.8, 4) is 11.1 Å². The third kappa shape index (κ3) is 35.0. The molecule has 0 radical (unpaired) electrons. The van der Waals surface area contributed by atoms with Gasteiger partial charge in [-0.25, -0.2) is 0 Å². The van der Waals surface area contributed by atoms with Crippen LogP contribution in [0, 0.1) is 27.7 Å². The lowest BCUT2D eigenvalue weighted by Gasteiger charge is -2.25. The highest BCUT2D eigenvalue weighted by molar-refractivity contribution is 5.76. The molecule has 35 N–H and O–H groups in total. The number of hydrogen-bond acceptors (Lipinski definition) is 8. The molecule has 0 aromatic heterocycles. The van der Waals surface area contributed by atoms with E-state index < -0.39 is 0 Å². The highest BCUT2D eigenvalue weighted by atomic mass is 16.0. The van der Waals surface area contributed by atoms with Gasteiger partial charge in [-0.1, -0.05) is 188 Å². The Labute approximate surface area is 384 Å². The lowest BCUT2D eigenvalue weighted by Crippen LogP contribution is -2.09. The van der Waals surface area contributed by atoms with E-state index in [1.807, 2.05) is 44.4 Å². The van der Waals surface area contributed by atoms with E-state index in [4.69, 9.17) is 0 Å². The van der Waals surface area contributed by atoms with Gasteiger partial charge in [0.25, 0.3) is 0 Å². The molecule has 0 bridgehead atoms. The van der Waals surface area contributed by atoms with Crippen LogP contribution in [0.1, 0.15) is 60.8 Å². The number of nitrogens with one attached hydrogen (secondary N) is 1. The summed E-state index contributed by atoms with van der Waals surface area (Å²) in [5.74, 6) is 0. The summed E-state index contributed by atoms with van der Waals surface area (Å²) in [5.41, 5.74) is 11.2. The van der Waals surface area contributed by atoms with E-state index in [0.29, 0.717) is 0 Å². The number of nitrogens with zero attached hydrogens (tertiary/aromatic N) is 1. The van der Waals surface area contributed by atoms with E-state index in [2.05, 4.69) is 171 Å². The fraction of sp³-hybridized carbons (Fsp3) is 0.250. The third-order valence-electron chi connectivity index (χ3n) is 8.20. The van der Waals surface area contributed by atoms with Crippen molar-refractivity contribution in [2.75, 3.05) is 19.0 Å². The molecule has 0 atom stereocenters. The largest absolute Gasteiger partial charge is 0.412 e. The van der Waals surface area contributed by atoms with E-state index in [1.165, 1.54) is 89.0 Å². The predicted octanol–water partition coefficient (Wildman–Crippen LogP) is 7.98. The Morgan fingerprint density at radius 3 is 0.625 bits per heavy atom. The molecule has 0 heterocycles. The zero-order valence-electron chi connectivity index (χ0n) is 39.5. The highest BCUT2D eigenvalue weighted by Gasteiger charge is 2.11. The standard InChI is InChI=1S/C21H21N.C12H10.C7H8.C6H12.C2H7N.6H3N.8H2O/c1-16-4-10-19(11-5-16)22(20-12-6-17(2)7-13-20)21-14-8-18(3)9-15-21;1-3-7-11(8-4-1)12-9-5-2-6-10-12;1-7-5-3-2-4-6-7;1-2-4-6-5-3-1;1-3-2;;;;;;;;;;;;;;/h4-15H,1-3H3;1-10H;2-6H,1H3;1-6H2;3H,1-2H3;6*1H3;8*1H2. The van der Waals surface area contributed by atoms with Crippen LogP contribution >= 0.6 is 0 Å². The van der Waals surface area contributed by atoms with Crippen molar-refractivity contribution in [3.05, 3.63) is 186 Å². The molecular weight excluding hydrogens is 817 g/mol. The van der Waals surface area contributed by atoms with Gasteiger partial charge in [-0.05, 0) is 89.3 Å². The summed E-state index contributed by atoms with van der Waals surface area (Å²) in [6.07, 6.45) is 9.00. The molecular formula is C48H92N8O8. The van der Waals surface area contributed by atoms with Crippen LogP contribution in [-0.2, 0) is 0 Å². The van der Waals surface area contributed by atoms with Crippen molar-refractivity contribution in [3.63, 3.8) is 0 Å². The fourth-order valence-electron chi connectivity index (χ4n) is 5.38. The molecule has 0 saturated heterocycles. The summed E-state index contributed by atoms with van der Waals surface area (Å²) in [6.45, 7) is 8.43. The smallest absolute Gasteiger partial charge is 0.0461 e. The second-order valence-electron chi connectivity index (χ2n) is 12.9. The van der Waals surface area contributed by atoms with E-state index in [1.54, 1.807) is 0 Å². The second kappa shape index (κ2) is 53.7. The number of rotatable bonds is 4. The topological polar surface area (TPSA) is 477 Å². The molecule has 6 aromatic rings. The lowest BCUT2D eigenvalue weighted by atomic mass is 10.0. The number of hydrogen-bond donors (Lipinski definition) is 7. The molecule has 7 rings (SSSR count). The molecule has 1 saturated carbocycles. The average molecular weight is 909 g/mol. The van der Waals surface area contributed by atoms with Gasteiger partial charge in [0, 0.05) is 17.1 Å². The molecule has 64 heavy (non-hydrogen) atoms. The summed E-state index contributed by atoms with van der Waals surface area (Å²) in [7, 11) is 3.75. The Kier molecular flexibility index (Phi) is 75.0. The van der Waals surface area contributed by atoms with Gasteiger partial charge in [0.2, 0.25) is 0 Å². The molecule has 0 spiro atoms. The van der Waals surface area contributed by atoms with Gasteiger partial charge < -0.3 is 90.9 Å². The van der Waals surface area contributed by atoms with Gasteiger partial charge in [-0.3, -0.25) is 0 Å². The van der Waals surface area contributed by atoms with E-state index >= 15 is 0 Å². The Balaban J connectivity index is -0.0000000562. The fourth-order valence-corrected chi connectivity index (χ4v) is 5.38. The van der Waals surface area contributed by atoms with Crippen molar-refractivity contribution < 1.29 is 43.8 Å². The molecule has 0 unspecified atom stereocenters. The Hall–Kier alpha value is -5.48. The summed E-state index contributed by atoms with van der Waals surface area (Å²) in [5, 5.41) is 2.75. The van der Waals surface area contributed by atoms with Crippen molar-refractivity contribution in [1.29, 1.82) is 0 Å². The lowest BCUT2D eigenvalue weighted by molar-refractivity contribution is 0.504. The van der Waals surface area contributed by atoms with Gasteiger partial charge in [0.15, 0.2) is 0 Å². The maximum Gasteiger partial charge on any atom is 0.0461 e. The van der Waals surface area contributed by atoms with Crippen LogP contribution in [0.3, 0.4) is 0 Å². The minimum absolute atomic E-state index is 0. The Morgan fingerprint density at radius 1 is 0.281 bits per heavy atom. The molecule has 16 heteroatoms. The van der Waals surface area contributed by atoms with Crippen LogP contribution < -0.4 is 47.1 Å². The van der Waals surface area contributed by atoms with Crippen molar-refractivity contribution in [1.82, 2.24) is 42.2 Å². The molecule has 0 aliphatic heterocycles. The molecule has 1 aliphatic carbocycles. The van der Waals surface area contributed by atoms with Crippen LogP contribution in [0.5, 0.6) is 0 Å². The minimum atomic E-state index is 0. The van der Waals surface area contributed by atoms with Crippen LogP contribution in [0.15, 0.2) is 164 Å². The molecule has 0 amide bonds. The van der Waals surface area contributed by atoms with E-state index in [-0.39, 0.29) is 80.7 Å². The predicted molar refractivity (Wildman–Crippen MR) is 280 cm³/mol. The van der Waals surface area contributed by atoms with Crippen molar-refractivity contribution in [2.45, 2.75) is 66.2 Å². The van der Waals surface area contributed by atoms with Crippen LogP contribution in [-0.4, -0.2) is 57.9 Å². The highest BCUT2D eigenvalue weighted by Crippen LogP contribution is 2.34. The monoisotopic (exact) mass is 909 g/mol. The molecule has 372 valence electrons. The van der Waals surface area contributed by atoms with Gasteiger partial charge in [0.1, 0.15) is 0 Å². The molecule has 1 fully saturated rings. The van der Waals surface area contributed by atoms with Crippen LogP contribution in [0.25, 0.3) is 11.1 Å². The minimum Gasteiger partial charge on any atom is -0.412 e. The molecule has 16 nitrogen and oxygen atoms in total. The van der Waals surface area contributed by atoms with Gasteiger partial charge in [-0.15, -0.1) is 0 Å². The van der Waals surface area contributed by atoms with Gasteiger partial charge in [-0.2, -0.15) is 0 Å². The zero-order chi connectivity index (χ0) is 35.8. The quantitative estimate of drug-likeness (QED) is 0.0906. The average Bonchev–Trinajstić information content (AvgIpc) is 3.17. The number of benzene rings is 6. The summed E-state index contributed by atoms with van der Waals surface area (Å²) in [6, 6.07) is 57.0. The van der Waals surface area contributed by atoms with Crippen molar-refractivity contribution in [2.24, 2.45) is 0 Å². The van der Waals surface area contributed by atoms with Gasteiger partial charge >= 0.3 is 0 Å². The maximum absolute atomic E-state index is 2.75. The van der Waals surface area contributed by atoms with E-state index in [0.717, 1.165) is 0 Å². The Morgan fingerprint density at radius 2 is 0.453 bits per heavy atom. The number of aryl methyl sites for hydroxylation is 4. The molecule has 6 aromatic carbocycles. The second-order valence-corrected chi connectivity index (χ2v) is 12.9.